The molecule has 1 aromatic carbocycles. The van der Waals surface area contributed by atoms with Crippen LogP contribution >= 0.6 is 23.1 Å². The molecule has 6 heteroatoms. The maximum absolute atomic E-state index is 10.9. The summed E-state index contributed by atoms with van der Waals surface area (Å²) in [6.45, 7) is 0. The largest absolute Gasteiger partial charge is 0.508 e. The molecule has 0 radical (unpaired) electrons. The van der Waals surface area contributed by atoms with Crippen molar-refractivity contribution in [2.24, 2.45) is 0 Å². The van der Waals surface area contributed by atoms with E-state index in [0.717, 1.165) is 20.7 Å². The maximum Gasteiger partial charge on any atom is 0.345 e. The normalized spacial score (nSPS) is 10.8. The van der Waals surface area contributed by atoms with Crippen LogP contribution in [0.4, 0.5) is 0 Å². The Kier molecular flexibility index (Phi) is 3.33. The van der Waals surface area contributed by atoms with E-state index in [0.29, 0.717) is 4.88 Å². The van der Waals surface area contributed by atoms with Crippen molar-refractivity contribution in [3.8, 4) is 5.75 Å². The number of nitrogens with zero attached hydrogens (tertiary/aromatic N) is 1. The predicted octanol–water partition coefficient (Wildman–Crippen LogP) is 3.85. The summed E-state index contributed by atoms with van der Waals surface area (Å²) in [7, 11) is 0. The van der Waals surface area contributed by atoms with E-state index in [1.165, 1.54) is 23.1 Å². The lowest BCUT2D eigenvalue weighted by molar-refractivity contribution is 0.0702. The first-order valence-corrected chi connectivity index (χ1v) is 7.40. The standard InChI is InChI=1S/C14H9NO3S2/c16-9-2-1-8-3-4-15-13(11(8)5-9)20-10-6-12(14(17)18)19-7-10/h1-7,16H,(H,17,18). The average Bonchev–Trinajstić information content (AvgIpc) is 2.88. The quantitative estimate of drug-likeness (QED) is 0.769. The molecule has 0 aliphatic heterocycles. The van der Waals surface area contributed by atoms with Crippen molar-refractivity contribution in [3.63, 3.8) is 0 Å². The summed E-state index contributed by atoms with van der Waals surface area (Å²) in [4.78, 5) is 16.3. The molecule has 2 N–H and O–H groups in total. The average molecular weight is 303 g/mol. The number of benzene rings is 1. The number of rotatable bonds is 3. The van der Waals surface area contributed by atoms with Crippen molar-refractivity contribution in [2.75, 3.05) is 0 Å². The Morgan fingerprint density at radius 3 is 2.85 bits per heavy atom. The molecule has 0 atom stereocenters. The van der Waals surface area contributed by atoms with Gasteiger partial charge in [0.25, 0.3) is 0 Å². The van der Waals surface area contributed by atoms with Gasteiger partial charge in [0.1, 0.15) is 15.7 Å². The number of aromatic hydroxyl groups is 1. The van der Waals surface area contributed by atoms with E-state index in [4.69, 9.17) is 5.11 Å². The highest BCUT2D eigenvalue weighted by atomic mass is 32.2. The number of carboxylic acid groups (broad SMARTS) is 1. The van der Waals surface area contributed by atoms with Crippen molar-refractivity contribution < 1.29 is 15.0 Å². The zero-order valence-electron chi connectivity index (χ0n) is 10.1. The summed E-state index contributed by atoms with van der Waals surface area (Å²) in [6.07, 6.45) is 1.70. The van der Waals surface area contributed by atoms with E-state index in [2.05, 4.69) is 4.98 Å². The zero-order valence-corrected chi connectivity index (χ0v) is 11.7. The summed E-state index contributed by atoms with van der Waals surface area (Å²) in [5, 5.41) is 22.9. The highest BCUT2D eigenvalue weighted by Gasteiger charge is 2.10. The van der Waals surface area contributed by atoms with Crippen LogP contribution < -0.4 is 0 Å². The molecule has 0 amide bonds. The monoisotopic (exact) mass is 303 g/mol. The summed E-state index contributed by atoms with van der Waals surface area (Å²) in [6, 6.07) is 8.61. The van der Waals surface area contributed by atoms with Gasteiger partial charge in [-0.25, -0.2) is 9.78 Å². The molecule has 20 heavy (non-hydrogen) atoms. The number of thiophene rings is 1. The second-order valence-electron chi connectivity index (χ2n) is 4.08. The fourth-order valence-corrected chi connectivity index (χ4v) is 3.63. The van der Waals surface area contributed by atoms with Crippen molar-refractivity contribution in [1.29, 1.82) is 0 Å². The van der Waals surface area contributed by atoms with Crippen LogP contribution in [0.3, 0.4) is 0 Å². The smallest absolute Gasteiger partial charge is 0.345 e. The van der Waals surface area contributed by atoms with E-state index >= 15 is 0 Å². The van der Waals surface area contributed by atoms with Gasteiger partial charge in [-0.3, -0.25) is 0 Å². The molecule has 0 bridgehead atoms. The van der Waals surface area contributed by atoms with Gasteiger partial charge in [0.2, 0.25) is 0 Å². The zero-order chi connectivity index (χ0) is 14.1. The topological polar surface area (TPSA) is 70.4 Å². The van der Waals surface area contributed by atoms with Gasteiger partial charge in [-0.05, 0) is 29.7 Å². The Bertz CT molecular complexity index is 798. The molecule has 0 saturated carbocycles. The van der Waals surface area contributed by atoms with Crippen LogP contribution in [0.25, 0.3) is 10.8 Å². The van der Waals surface area contributed by atoms with E-state index in [1.807, 2.05) is 12.1 Å². The van der Waals surface area contributed by atoms with Crippen molar-refractivity contribution in [3.05, 3.63) is 46.8 Å². The number of hydrogen-bond donors (Lipinski definition) is 2. The SMILES string of the molecule is O=C(O)c1cc(Sc2nccc3ccc(O)cc23)cs1. The highest BCUT2D eigenvalue weighted by molar-refractivity contribution is 7.99. The first-order chi connectivity index (χ1) is 9.63. The van der Waals surface area contributed by atoms with Crippen LogP contribution in [0, 0.1) is 0 Å². The Morgan fingerprint density at radius 1 is 1.25 bits per heavy atom. The van der Waals surface area contributed by atoms with Crippen LogP contribution in [0.2, 0.25) is 0 Å². The summed E-state index contributed by atoms with van der Waals surface area (Å²) in [5.74, 6) is -0.741. The molecular formula is C14H9NO3S2. The number of aromatic nitrogens is 1. The number of carboxylic acids is 1. The lowest BCUT2D eigenvalue weighted by Crippen LogP contribution is -1.89. The number of phenolic OH excluding ortho intramolecular Hbond substituents is 1. The minimum Gasteiger partial charge on any atom is -0.508 e. The molecule has 0 spiro atoms. The first-order valence-electron chi connectivity index (χ1n) is 5.71. The van der Waals surface area contributed by atoms with E-state index in [1.54, 1.807) is 29.8 Å². The first kappa shape index (κ1) is 13.0. The number of fused-ring (bicyclic) bond motifs is 1. The molecule has 0 fully saturated rings. The predicted molar refractivity (Wildman–Crippen MR) is 78.8 cm³/mol. The van der Waals surface area contributed by atoms with Gasteiger partial charge >= 0.3 is 5.97 Å². The van der Waals surface area contributed by atoms with Gasteiger partial charge in [-0.1, -0.05) is 17.8 Å². The van der Waals surface area contributed by atoms with Gasteiger partial charge in [-0.15, -0.1) is 11.3 Å². The van der Waals surface area contributed by atoms with Crippen LogP contribution in [0.1, 0.15) is 9.67 Å². The fraction of sp³-hybridized carbons (Fsp3) is 0. The molecule has 4 nitrogen and oxygen atoms in total. The number of aromatic carboxylic acids is 1. The van der Waals surface area contributed by atoms with Gasteiger partial charge < -0.3 is 10.2 Å². The van der Waals surface area contributed by atoms with Crippen molar-refractivity contribution in [2.45, 2.75) is 9.92 Å². The van der Waals surface area contributed by atoms with Crippen LogP contribution in [0.5, 0.6) is 5.75 Å². The van der Waals surface area contributed by atoms with Crippen LogP contribution in [-0.4, -0.2) is 21.2 Å². The lowest BCUT2D eigenvalue weighted by Gasteiger charge is -2.04. The summed E-state index contributed by atoms with van der Waals surface area (Å²) in [5.41, 5.74) is 0. The Hall–Kier alpha value is -2.05. The van der Waals surface area contributed by atoms with E-state index in [9.17, 15) is 9.90 Å². The second-order valence-corrected chi connectivity index (χ2v) is 6.05. The third-order valence-corrected chi connectivity index (χ3v) is 4.77. The molecule has 3 aromatic rings. The molecule has 0 saturated heterocycles. The molecule has 100 valence electrons. The van der Waals surface area contributed by atoms with Gasteiger partial charge in [0.05, 0.1) is 0 Å². The number of carbonyl (C=O) groups is 1. The third kappa shape index (κ3) is 2.48. The maximum atomic E-state index is 10.9. The number of hydrogen-bond acceptors (Lipinski definition) is 5. The van der Waals surface area contributed by atoms with Gasteiger partial charge in [0, 0.05) is 21.9 Å². The second kappa shape index (κ2) is 5.15. The molecule has 2 aromatic heterocycles. The van der Waals surface area contributed by atoms with E-state index < -0.39 is 5.97 Å². The Labute approximate surface area is 122 Å². The van der Waals surface area contributed by atoms with Gasteiger partial charge in [-0.2, -0.15) is 0 Å². The molecule has 0 aliphatic rings. The van der Waals surface area contributed by atoms with Crippen molar-refractivity contribution in [1.82, 2.24) is 4.98 Å². The minimum absolute atomic E-state index is 0.184. The van der Waals surface area contributed by atoms with Gasteiger partial charge in [0.15, 0.2) is 0 Å². The Balaban J connectivity index is 2.01. The van der Waals surface area contributed by atoms with E-state index in [-0.39, 0.29) is 5.75 Å². The molecule has 2 heterocycles. The summed E-state index contributed by atoms with van der Waals surface area (Å²) >= 11 is 2.58. The lowest BCUT2D eigenvalue weighted by atomic mass is 10.2. The molecule has 3 rings (SSSR count). The third-order valence-electron chi connectivity index (χ3n) is 2.71. The number of phenols is 1. The van der Waals surface area contributed by atoms with Crippen LogP contribution in [0.15, 0.2) is 51.8 Å². The highest BCUT2D eigenvalue weighted by Crippen LogP contribution is 2.35. The molecule has 0 unspecified atom stereocenters. The van der Waals surface area contributed by atoms with Crippen LogP contribution in [-0.2, 0) is 0 Å². The summed E-state index contributed by atoms with van der Waals surface area (Å²) < 4.78 is 0. The minimum atomic E-state index is -0.926. The molecular weight excluding hydrogens is 294 g/mol. The van der Waals surface area contributed by atoms with Crippen molar-refractivity contribution >= 4 is 39.8 Å². The fourth-order valence-electron chi connectivity index (χ4n) is 1.81. The number of pyridine rings is 1. The molecule has 0 aliphatic carbocycles. The Morgan fingerprint density at radius 2 is 2.10 bits per heavy atom.